The van der Waals surface area contributed by atoms with Crippen LogP contribution < -0.4 is 0 Å². The van der Waals surface area contributed by atoms with Crippen LogP contribution in [0.5, 0.6) is 0 Å². The molecular formula is C13H11ClN2OS. The van der Waals surface area contributed by atoms with Crippen LogP contribution in [0.1, 0.15) is 20.8 Å². The average molecular weight is 279 g/mol. The summed E-state index contributed by atoms with van der Waals surface area (Å²) in [4.78, 5) is 19.5. The number of carbonyl (C=O) groups excluding carboxylic acids is 1. The smallest absolute Gasteiger partial charge is 0.255 e. The predicted octanol–water partition coefficient (Wildman–Crippen LogP) is 3.00. The highest BCUT2D eigenvalue weighted by Gasteiger charge is 2.22. The molecule has 0 atom stereocenters. The standard InChI is InChI=1S/C13H11ClN2OS/c14-12-2-1-9(7-15-12)13(17)16-5-3-11-10(8-16)4-6-18-11/h1-2,4,6-7H,3,5,8H2. The van der Waals surface area contributed by atoms with Gasteiger partial charge in [0.25, 0.3) is 5.91 Å². The van der Waals surface area contributed by atoms with Gasteiger partial charge in [-0.25, -0.2) is 4.98 Å². The van der Waals surface area contributed by atoms with Crippen LogP contribution in [0, 0.1) is 0 Å². The Labute approximate surface area is 114 Å². The first-order valence-corrected chi connectivity index (χ1v) is 6.96. The average Bonchev–Trinajstić information content (AvgIpc) is 2.86. The number of halogens is 1. The number of pyridine rings is 1. The molecule has 0 spiro atoms. The van der Waals surface area contributed by atoms with Crippen molar-refractivity contribution in [3.63, 3.8) is 0 Å². The third-order valence-electron chi connectivity index (χ3n) is 3.07. The molecule has 3 rings (SSSR count). The van der Waals surface area contributed by atoms with Crippen molar-refractivity contribution in [1.29, 1.82) is 0 Å². The van der Waals surface area contributed by atoms with Crippen molar-refractivity contribution in [2.45, 2.75) is 13.0 Å². The molecule has 0 saturated heterocycles. The molecule has 0 radical (unpaired) electrons. The normalized spacial score (nSPS) is 14.4. The van der Waals surface area contributed by atoms with Crippen molar-refractivity contribution in [2.75, 3.05) is 6.54 Å². The zero-order chi connectivity index (χ0) is 12.5. The van der Waals surface area contributed by atoms with Gasteiger partial charge in [0.1, 0.15) is 5.15 Å². The number of hydrogen-bond acceptors (Lipinski definition) is 3. The molecule has 3 heterocycles. The van der Waals surface area contributed by atoms with E-state index in [0.29, 0.717) is 17.3 Å². The van der Waals surface area contributed by atoms with E-state index in [4.69, 9.17) is 11.6 Å². The zero-order valence-corrected chi connectivity index (χ0v) is 11.2. The number of hydrogen-bond donors (Lipinski definition) is 0. The van der Waals surface area contributed by atoms with E-state index in [1.807, 2.05) is 4.90 Å². The van der Waals surface area contributed by atoms with Crippen molar-refractivity contribution >= 4 is 28.8 Å². The summed E-state index contributed by atoms with van der Waals surface area (Å²) in [6.07, 6.45) is 2.48. The Kier molecular flexibility index (Phi) is 3.06. The molecule has 2 aromatic heterocycles. The summed E-state index contributed by atoms with van der Waals surface area (Å²) in [5, 5.41) is 2.49. The van der Waals surface area contributed by atoms with E-state index in [1.54, 1.807) is 23.5 Å². The van der Waals surface area contributed by atoms with E-state index in [-0.39, 0.29) is 5.91 Å². The Morgan fingerprint density at radius 2 is 2.28 bits per heavy atom. The Bertz CT molecular complexity index is 579. The van der Waals surface area contributed by atoms with Gasteiger partial charge in [0, 0.05) is 24.2 Å². The lowest BCUT2D eigenvalue weighted by atomic mass is 10.1. The molecule has 0 fully saturated rings. The highest BCUT2D eigenvalue weighted by atomic mass is 35.5. The maximum atomic E-state index is 12.3. The van der Waals surface area contributed by atoms with Gasteiger partial charge in [-0.15, -0.1) is 11.3 Å². The summed E-state index contributed by atoms with van der Waals surface area (Å²) in [6.45, 7) is 1.47. The minimum atomic E-state index is 0.0241. The lowest BCUT2D eigenvalue weighted by molar-refractivity contribution is 0.0735. The molecule has 0 N–H and O–H groups in total. The highest BCUT2D eigenvalue weighted by Crippen LogP contribution is 2.25. The third-order valence-corrected chi connectivity index (χ3v) is 4.32. The third kappa shape index (κ3) is 2.13. The van der Waals surface area contributed by atoms with Gasteiger partial charge in [-0.1, -0.05) is 11.6 Å². The summed E-state index contributed by atoms with van der Waals surface area (Å²) in [6, 6.07) is 5.47. The number of thiophene rings is 1. The first-order chi connectivity index (χ1) is 8.74. The summed E-state index contributed by atoms with van der Waals surface area (Å²) in [7, 11) is 0. The van der Waals surface area contributed by atoms with Gasteiger partial charge in [0.2, 0.25) is 0 Å². The van der Waals surface area contributed by atoms with E-state index in [0.717, 1.165) is 13.0 Å². The molecule has 0 saturated carbocycles. The van der Waals surface area contributed by atoms with Crippen LogP contribution in [0.15, 0.2) is 29.8 Å². The topological polar surface area (TPSA) is 33.2 Å². The Morgan fingerprint density at radius 3 is 3.06 bits per heavy atom. The maximum Gasteiger partial charge on any atom is 0.255 e. The van der Waals surface area contributed by atoms with Crippen molar-refractivity contribution in [3.05, 3.63) is 50.9 Å². The van der Waals surface area contributed by atoms with E-state index in [9.17, 15) is 4.79 Å². The second-order valence-electron chi connectivity index (χ2n) is 4.22. The van der Waals surface area contributed by atoms with Gasteiger partial charge < -0.3 is 4.90 Å². The van der Waals surface area contributed by atoms with Crippen LogP contribution in [0.25, 0.3) is 0 Å². The Hall–Kier alpha value is -1.39. The predicted molar refractivity (Wildman–Crippen MR) is 72.0 cm³/mol. The van der Waals surface area contributed by atoms with Crippen LogP contribution >= 0.6 is 22.9 Å². The van der Waals surface area contributed by atoms with Crippen LogP contribution in [0.4, 0.5) is 0 Å². The molecule has 0 aromatic carbocycles. The van der Waals surface area contributed by atoms with Gasteiger partial charge in [-0.3, -0.25) is 4.79 Å². The first-order valence-electron chi connectivity index (χ1n) is 5.70. The maximum absolute atomic E-state index is 12.3. The Morgan fingerprint density at radius 1 is 1.39 bits per heavy atom. The molecule has 2 aromatic rings. The number of carbonyl (C=O) groups is 1. The fraction of sp³-hybridized carbons (Fsp3) is 0.231. The second-order valence-corrected chi connectivity index (χ2v) is 5.60. The number of aromatic nitrogens is 1. The first kappa shape index (κ1) is 11.7. The fourth-order valence-electron chi connectivity index (χ4n) is 2.11. The van der Waals surface area contributed by atoms with Crippen molar-refractivity contribution in [3.8, 4) is 0 Å². The monoisotopic (exact) mass is 278 g/mol. The van der Waals surface area contributed by atoms with Crippen molar-refractivity contribution in [1.82, 2.24) is 9.88 Å². The zero-order valence-electron chi connectivity index (χ0n) is 9.60. The van der Waals surface area contributed by atoms with E-state index in [1.165, 1.54) is 16.6 Å². The van der Waals surface area contributed by atoms with Crippen LogP contribution in [0.2, 0.25) is 5.15 Å². The SMILES string of the molecule is O=C(c1ccc(Cl)nc1)N1CCc2sccc2C1. The minimum absolute atomic E-state index is 0.0241. The number of nitrogens with zero attached hydrogens (tertiary/aromatic N) is 2. The molecule has 1 aliphatic rings. The van der Waals surface area contributed by atoms with Crippen LogP contribution in [-0.2, 0) is 13.0 Å². The molecule has 0 unspecified atom stereocenters. The lowest BCUT2D eigenvalue weighted by Gasteiger charge is -2.26. The van der Waals surface area contributed by atoms with Gasteiger partial charge in [0.15, 0.2) is 0 Å². The molecule has 0 bridgehead atoms. The summed E-state index contributed by atoms with van der Waals surface area (Å²) in [5.74, 6) is 0.0241. The second kappa shape index (κ2) is 4.71. The number of amides is 1. The number of rotatable bonds is 1. The van der Waals surface area contributed by atoms with Gasteiger partial charge in [-0.05, 0) is 35.6 Å². The van der Waals surface area contributed by atoms with E-state index in [2.05, 4.69) is 16.4 Å². The molecule has 3 nitrogen and oxygen atoms in total. The van der Waals surface area contributed by atoms with Gasteiger partial charge >= 0.3 is 0 Å². The summed E-state index contributed by atoms with van der Waals surface area (Å²) >= 11 is 7.49. The summed E-state index contributed by atoms with van der Waals surface area (Å²) < 4.78 is 0. The van der Waals surface area contributed by atoms with Crippen molar-refractivity contribution in [2.24, 2.45) is 0 Å². The molecule has 18 heavy (non-hydrogen) atoms. The Balaban J connectivity index is 1.80. The quantitative estimate of drug-likeness (QED) is 0.752. The highest BCUT2D eigenvalue weighted by molar-refractivity contribution is 7.10. The largest absolute Gasteiger partial charge is 0.334 e. The molecule has 1 amide bonds. The molecular weight excluding hydrogens is 268 g/mol. The number of fused-ring (bicyclic) bond motifs is 1. The molecule has 0 aliphatic carbocycles. The van der Waals surface area contributed by atoms with Crippen LogP contribution in [-0.4, -0.2) is 22.3 Å². The minimum Gasteiger partial charge on any atom is -0.334 e. The van der Waals surface area contributed by atoms with Crippen molar-refractivity contribution < 1.29 is 4.79 Å². The van der Waals surface area contributed by atoms with E-state index < -0.39 is 0 Å². The van der Waals surface area contributed by atoms with E-state index >= 15 is 0 Å². The van der Waals surface area contributed by atoms with Gasteiger partial charge in [-0.2, -0.15) is 0 Å². The lowest BCUT2D eigenvalue weighted by Crippen LogP contribution is -2.35. The van der Waals surface area contributed by atoms with Gasteiger partial charge in [0.05, 0.1) is 5.56 Å². The summed E-state index contributed by atoms with van der Waals surface area (Å²) in [5.41, 5.74) is 1.86. The van der Waals surface area contributed by atoms with Crippen LogP contribution in [0.3, 0.4) is 0 Å². The molecule has 5 heteroatoms. The molecule has 92 valence electrons. The fourth-order valence-corrected chi connectivity index (χ4v) is 3.11. The molecule has 1 aliphatic heterocycles.